The summed E-state index contributed by atoms with van der Waals surface area (Å²) in [5.74, 6) is -2.89. The van der Waals surface area contributed by atoms with Crippen molar-refractivity contribution in [1.29, 1.82) is 0 Å². The Balaban J connectivity index is 1.84. The van der Waals surface area contributed by atoms with E-state index in [1.54, 1.807) is 34.6 Å². The average molecular weight is 829 g/mol. The van der Waals surface area contributed by atoms with Gasteiger partial charge in [0, 0.05) is 37.5 Å². The summed E-state index contributed by atoms with van der Waals surface area (Å²) in [5, 5.41) is 63.5. The Morgan fingerprint density at radius 3 is 2.19 bits per heavy atom. The van der Waals surface area contributed by atoms with Crippen LogP contribution in [0.4, 0.5) is 0 Å². The first-order valence-electron chi connectivity index (χ1n) is 21.9. The summed E-state index contributed by atoms with van der Waals surface area (Å²) in [7, 11) is 5.30. The maximum Gasteiger partial charge on any atom is 0.311 e. The molecule has 20 atom stereocenters. The molecule has 338 valence electrons. The summed E-state index contributed by atoms with van der Waals surface area (Å²) in [6, 6.07) is -0.672. The summed E-state index contributed by atoms with van der Waals surface area (Å²) in [4.78, 5) is 16.3. The van der Waals surface area contributed by atoms with Gasteiger partial charge in [-0.2, -0.15) is 0 Å². The highest BCUT2D eigenvalue weighted by Crippen LogP contribution is 2.41. The minimum Gasteiger partial charge on any atom is -0.459 e. The van der Waals surface area contributed by atoms with Gasteiger partial charge in [-0.1, -0.05) is 39.8 Å². The summed E-state index contributed by atoms with van der Waals surface area (Å²) in [5.41, 5.74) is -4.49. The highest BCUT2D eigenvalue weighted by Gasteiger charge is 2.53. The SMILES string of the molecule is CCC1OC(=O)[C@H](C)C(O[C@H]2C[C@@](C)(OC)[C@@H](O)[C@H](C)O2)[C@H](C)[C@@H](O[C@@H]2O[C@H](C)C[C@H](N(C)C)[C@H]2O)[C@](C)(O)C[C@@H](C)[C@H](NCC2CC=CCC2)[C@H](C)[C@@H](O)[C@]1(C)O. The van der Waals surface area contributed by atoms with E-state index in [0.29, 0.717) is 18.9 Å². The zero-order chi connectivity index (χ0) is 43.5. The minimum atomic E-state index is -1.83. The van der Waals surface area contributed by atoms with Crippen molar-refractivity contribution in [2.75, 3.05) is 27.7 Å². The maximum atomic E-state index is 14.4. The zero-order valence-electron chi connectivity index (χ0n) is 37.7. The molecule has 14 heteroatoms. The van der Waals surface area contributed by atoms with E-state index >= 15 is 0 Å². The summed E-state index contributed by atoms with van der Waals surface area (Å²) >= 11 is 0. The molecule has 4 rings (SSSR count). The Morgan fingerprint density at radius 2 is 1.60 bits per heavy atom. The fraction of sp³-hybridized carbons (Fsp3) is 0.932. The number of methoxy groups -OCH3 is 1. The van der Waals surface area contributed by atoms with Crippen LogP contribution < -0.4 is 5.32 Å². The van der Waals surface area contributed by atoms with Gasteiger partial charge < -0.3 is 64.2 Å². The van der Waals surface area contributed by atoms with Crippen LogP contribution in [0.5, 0.6) is 0 Å². The monoisotopic (exact) mass is 829 g/mol. The van der Waals surface area contributed by atoms with Gasteiger partial charge in [0.15, 0.2) is 12.6 Å². The first-order valence-corrected chi connectivity index (χ1v) is 21.9. The quantitative estimate of drug-likeness (QED) is 0.139. The van der Waals surface area contributed by atoms with Crippen molar-refractivity contribution in [3.63, 3.8) is 0 Å². The van der Waals surface area contributed by atoms with Gasteiger partial charge in [0.2, 0.25) is 0 Å². The molecular formula is C44H80N2O12. The van der Waals surface area contributed by atoms with Gasteiger partial charge in [-0.15, -0.1) is 0 Å². The highest BCUT2D eigenvalue weighted by molar-refractivity contribution is 5.73. The molecule has 0 aromatic heterocycles. The number of nitrogens with one attached hydrogen (secondary N) is 1. The third-order valence-corrected chi connectivity index (χ3v) is 14.1. The number of nitrogens with zero attached hydrogens (tertiary/aromatic N) is 1. The predicted molar refractivity (Wildman–Crippen MR) is 220 cm³/mol. The average Bonchev–Trinajstić information content (AvgIpc) is 3.16. The molecule has 3 aliphatic heterocycles. The molecule has 3 unspecified atom stereocenters. The normalized spacial score (nSPS) is 49.0. The Hall–Kier alpha value is -1.27. The lowest BCUT2D eigenvalue weighted by Crippen LogP contribution is -2.62. The van der Waals surface area contributed by atoms with Crippen molar-refractivity contribution < 1.29 is 58.7 Å². The van der Waals surface area contributed by atoms with Gasteiger partial charge in [-0.25, -0.2) is 0 Å². The molecule has 3 heterocycles. The third-order valence-electron chi connectivity index (χ3n) is 14.1. The van der Waals surface area contributed by atoms with Crippen molar-refractivity contribution in [1.82, 2.24) is 10.2 Å². The van der Waals surface area contributed by atoms with Crippen LogP contribution in [-0.4, -0.2) is 154 Å². The molecule has 4 aliphatic rings. The lowest BCUT2D eigenvalue weighted by Gasteiger charge is -2.50. The van der Waals surface area contributed by atoms with E-state index < -0.39 is 95.8 Å². The molecule has 0 aromatic carbocycles. The minimum absolute atomic E-state index is 0.131. The highest BCUT2D eigenvalue weighted by atomic mass is 16.7. The van der Waals surface area contributed by atoms with Gasteiger partial charge in [0.1, 0.15) is 23.9 Å². The molecule has 0 aromatic rings. The largest absolute Gasteiger partial charge is 0.459 e. The number of aliphatic hydroxyl groups excluding tert-OH is 3. The Morgan fingerprint density at radius 1 is 0.931 bits per heavy atom. The van der Waals surface area contributed by atoms with Gasteiger partial charge in [-0.3, -0.25) is 4.79 Å². The van der Waals surface area contributed by atoms with Crippen molar-refractivity contribution in [3.8, 4) is 0 Å². The maximum absolute atomic E-state index is 14.4. The first-order chi connectivity index (χ1) is 27.0. The van der Waals surface area contributed by atoms with E-state index in [-0.39, 0.29) is 43.4 Å². The van der Waals surface area contributed by atoms with Crippen molar-refractivity contribution in [2.24, 2.45) is 29.6 Å². The second-order valence-electron chi connectivity index (χ2n) is 19.3. The van der Waals surface area contributed by atoms with Crippen LogP contribution in [0.15, 0.2) is 12.2 Å². The van der Waals surface area contributed by atoms with Gasteiger partial charge >= 0.3 is 5.97 Å². The fourth-order valence-corrected chi connectivity index (χ4v) is 10.3. The van der Waals surface area contributed by atoms with Crippen molar-refractivity contribution >= 4 is 5.97 Å². The number of rotatable bonds is 10. The molecule has 58 heavy (non-hydrogen) atoms. The number of likely N-dealkylation sites (N-methyl/N-ethyl adjacent to an activating group) is 1. The number of esters is 1. The van der Waals surface area contributed by atoms with E-state index in [0.717, 1.165) is 19.3 Å². The Kier molecular flexibility index (Phi) is 17.3. The number of aliphatic hydroxyl groups is 5. The molecule has 0 radical (unpaired) electrons. The molecule has 0 spiro atoms. The summed E-state index contributed by atoms with van der Waals surface area (Å²) < 4.78 is 38.0. The van der Waals surface area contributed by atoms with Crippen LogP contribution in [-0.2, 0) is 33.2 Å². The molecule has 3 saturated heterocycles. The molecular weight excluding hydrogens is 748 g/mol. The third kappa shape index (κ3) is 11.2. The van der Waals surface area contributed by atoms with E-state index in [1.165, 1.54) is 14.0 Å². The van der Waals surface area contributed by atoms with Crippen LogP contribution in [0.1, 0.15) is 114 Å². The number of cyclic esters (lactones) is 1. The fourth-order valence-electron chi connectivity index (χ4n) is 10.3. The second kappa shape index (κ2) is 20.3. The number of carbonyl (C=O) groups excluding carboxylic acids is 1. The number of hydrogen-bond acceptors (Lipinski definition) is 14. The van der Waals surface area contributed by atoms with Crippen LogP contribution in [0.3, 0.4) is 0 Å². The summed E-state index contributed by atoms with van der Waals surface area (Å²) in [6.45, 7) is 18.5. The standard InChI is InChI=1S/C44H80N2O12/c1-14-32-44(10,52)37(48)26(4)34(45-23-30-18-16-15-17-19-30)24(2)21-42(8,51)39(58-41-35(47)31(46(11)12)20-25(3)54-41)27(5)36(28(6)40(50)56-32)57-33-22-43(9,53-13)38(49)29(7)55-33/h15-16,24-39,41,45,47-49,51-52H,14,17-23H2,1-13H3/t24-,25-,26+,27+,28-,29+,30?,31+,32?,33+,34+,35-,36?,37-,38+,39-,41+,42-,43-,44-/m1/s1. The van der Waals surface area contributed by atoms with Crippen LogP contribution in [0, 0.1) is 29.6 Å². The molecule has 3 fully saturated rings. The molecule has 0 bridgehead atoms. The van der Waals surface area contributed by atoms with Gasteiger partial charge in [-0.05, 0) is 113 Å². The first kappa shape index (κ1) is 49.4. The molecule has 0 amide bonds. The smallest absolute Gasteiger partial charge is 0.311 e. The van der Waals surface area contributed by atoms with Crippen LogP contribution in [0.2, 0.25) is 0 Å². The molecule has 14 nitrogen and oxygen atoms in total. The van der Waals surface area contributed by atoms with E-state index in [9.17, 15) is 30.3 Å². The summed E-state index contributed by atoms with van der Waals surface area (Å²) in [6.07, 6.45) is -1.06. The lowest BCUT2D eigenvalue weighted by molar-refractivity contribution is -0.318. The molecule has 0 saturated carbocycles. The topological polar surface area (TPSA) is 189 Å². The predicted octanol–water partition coefficient (Wildman–Crippen LogP) is 3.53. The van der Waals surface area contributed by atoms with Crippen molar-refractivity contribution in [3.05, 3.63) is 12.2 Å². The number of hydrogen-bond donors (Lipinski definition) is 6. The van der Waals surface area contributed by atoms with E-state index in [4.69, 9.17) is 28.4 Å². The molecule has 1 aliphatic carbocycles. The Labute approximate surface area is 348 Å². The molecule has 6 N–H and O–H groups in total. The zero-order valence-corrected chi connectivity index (χ0v) is 37.7. The Bertz CT molecular complexity index is 1330. The van der Waals surface area contributed by atoms with Gasteiger partial charge in [0.05, 0.1) is 47.6 Å². The van der Waals surface area contributed by atoms with Crippen molar-refractivity contribution in [2.45, 2.75) is 204 Å². The van der Waals surface area contributed by atoms with Gasteiger partial charge in [0.25, 0.3) is 0 Å². The van der Waals surface area contributed by atoms with Crippen LogP contribution in [0.25, 0.3) is 0 Å². The lowest BCUT2D eigenvalue weighted by atomic mass is 9.72. The number of allylic oxidation sites excluding steroid dienone is 2. The van der Waals surface area contributed by atoms with E-state index in [1.807, 2.05) is 46.7 Å². The van der Waals surface area contributed by atoms with Crippen LogP contribution >= 0.6 is 0 Å². The second-order valence-corrected chi connectivity index (χ2v) is 19.3. The number of ether oxygens (including phenoxy) is 6. The number of carbonyl (C=O) groups is 1. The van der Waals surface area contributed by atoms with E-state index in [2.05, 4.69) is 17.5 Å².